The molecule has 0 aliphatic carbocycles. The highest BCUT2D eigenvalue weighted by atomic mass is 19.1. The monoisotopic (exact) mass is 195 g/mol. The Bertz CT molecular complexity index is 296. The van der Waals surface area contributed by atoms with Crippen molar-refractivity contribution in [3.8, 4) is 0 Å². The largest absolute Gasteiger partial charge is 0.330 e. The maximum absolute atomic E-state index is 13.0. The van der Waals surface area contributed by atoms with E-state index in [2.05, 4.69) is 6.92 Å². The fraction of sp³-hybridized carbons (Fsp3) is 0.500. The lowest BCUT2D eigenvalue weighted by atomic mass is 9.93. The lowest BCUT2D eigenvalue weighted by Crippen LogP contribution is -2.12. The minimum atomic E-state index is -0.138. The second-order valence-corrected chi connectivity index (χ2v) is 3.73. The Morgan fingerprint density at radius 1 is 1.43 bits per heavy atom. The molecule has 2 N–H and O–H groups in total. The first-order valence-electron chi connectivity index (χ1n) is 5.15. The van der Waals surface area contributed by atoms with Gasteiger partial charge >= 0.3 is 0 Å². The zero-order valence-corrected chi connectivity index (χ0v) is 8.89. The first-order valence-corrected chi connectivity index (χ1v) is 5.15. The second kappa shape index (κ2) is 5.11. The van der Waals surface area contributed by atoms with E-state index in [9.17, 15) is 4.39 Å². The molecule has 0 fully saturated rings. The summed E-state index contributed by atoms with van der Waals surface area (Å²) in [5.74, 6) is 0.236. The van der Waals surface area contributed by atoms with Gasteiger partial charge in [0.15, 0.2) is 0 Å². The van der Waals surface area contributed by atoms with Crippen LogP contribution in [-0.4, -0.2) is 6.54 Å². The molecule has 78 valence electrons. The highest BCUT2D eigenvalue weighted by Crippen LogP contribution is 2.21. The summed E-state index contributed by atoms with van der Waals surface area (Å²) in [7, 11) is 0. The van der Waals surface area contributed by atoms with Gasteiger partial charge in [0.2, 0.25) is 0 Å². The molecule has 0 spiro atoms. The van der Waals surface area contributed by atoms with Crippen LogP contribution in [0.15, 0.2) is 18.2 Å². The molecule has 0 bridgehead atoms. The summed E-state index contributed by atoms with van der Waals surface area (Å²) in [6, 6.07) is 5.28. The Kier molecular flexibility index (Phi) is 4.08. The van der Waals surface area contributed by atoms with Gasteiger partial charge < -0.3 is 5.73 Å². The number of nitrogens with two attached hydrogens (primary N) is 1. The standard InChI is InChI=1S/C12H18FN/c1-3-4-11(8-14)10-5-6-12(13)9(2)7-10/h5-7,11H,3-4,8,14H2,1-2H3. The van der Waals surface area contributed by atoms with Gasteiger partial charge in [0.25, 0.3) is 0 Å². The molecule has 1 unspecified atom stereocenters. The summed E-state index contributed by atoms with van der Waals surface area (Å²) in [6.07, 6.45) is 2.18. The number of benzene rings is 1. The van der Waals surface area contributed by atoms with Crippen molar-refractivity contribution in [1.29, 1.82) is 0 Å². The number of aryl methyl sites for hydroxylation is 1. The molecule has 1 atom stereocenters. The third kappa shape index (κ3) is 2.55. The van der Waals surface area contributed by atoms with Crippen LogP contribution in [0.25, 0.3) is 0 Å². The highest BCUT2D eigenvalue weighted by Gasteiger charge is 2.09. The molecule has 1 aromatic rings. The average Bonchev–Trinajstić information content (AvgIpc) is 2.19. The fourth-order valence-corrected chi connectivity index (χ4v) is 1.69. The predicted octanol–water partition coefficient (Wildman–Crippen LogP) is 2.98. The summed E-state index contributed by atoms with van der Waals surface area (Å²) in [6.45, 7) is 4.57. The van der Waals surface area contributed by atoms with Crippen molar-refractivity contribution < 1.29 is 4.39 Å². The van der Waals surface area contributed by atoms with Crippen LogP contribution in [0.5, 0.6) is 0 Å². The average molecular weight is 195 g/mol. The topological polar surface area (TPSA) is 26.0 Å². The molecule has 0 aliphatic rings. The number of rotatable bonds is 4. The van der Waals surface area contributed by atoms with Gasteiger partial charge in [-0.15, -0.1) is 0 Å². The van der Waals surface area contributed by atoms with Crippen molar-refractivity contribution >= 4 is 0 Å². The SMILES string of the molecule is CCCC(CN)c1ccc(F)c(C)c1. The van der Waals surface area contributed by atoms with E-state index in [4.69, 9.17) is 5.73 Å². The summed E-state index contributed by atoms with van der Waals surface area (Å²) in [4.78, 5) is 0. The maximum Gasteiger partial charge on any atom is 0.126 e. The van der Waals surface area contributed by atoms with Gasteiger partial charge in [-0.05, 0) is 43.0 Å². The summed E-state index contributed by atoms with van der Waals surface area (Å²) >= 11 is 0. The van der Waals surface area contributed by atoms with Gasteiger partial charge in [0.05, 0.1) is 0 Å². The lowest BCUT2D eigenvalue weighted by Gasteiger charge is -2.14. The Labute approximate surface area is 85.1 Å². The van der Waals surface area contributed by atoms with Crippen LogP contribution in [-0.2, 0) is 0 Å². The van der Waals surface area contributed by atoms with Crippen LogP contribution in [0, 0.1) is 12.7 Å². The van der Waals surface area contributed by atoms with Crippen molar-refractivity contribution in [1.82, 2.24) is 0 Å². The molecule has 14 heavy (non-hydrogen) atoms. The molecular formula is C12H18FN. The van der Waals surface area contributed by atoms with E-state index >= 15 is 0 Å². The summed E-state index contributed by atoms with van der Waals surface area (Å²) in [5.41, 5.74) is 7.55. The van der Waals surface area contributed by atoms with E-state index in [0.29, 0.717) is 18.0 Å². The highest BCUT2D eigenvalue weighted by molar-refractivity contribution is 5.27. The predicted molar refractivity (Wildman–Crippen MR) is 57.8 cm³/mol. The molecule has 1 aromatic carbocycles. The third-order valence-electron chi connectivity index (χ3n) is 2.58. The molecule has 0 amide bonds. The van der Waals surface area contributed by atoms with Crippen molar-refractivity contribution in [2.75, 3.05) is 6.54 Å². The molecule has 0 saturated heterocycles. The van der Waals surface area contributed by atoms with Crippen LogP contribution >= 0.6 is 0 Å². The Hall–Kier alpha value is -0.890. The van der Waals surface area contributed by atoms with E-state index in [0.717, 1.165) is 18.4 Å². The van der Waals surface area contributed by atoms with Crippen LogP contribution in [0.2, 0.25) is 0 Å². The van der Waals surface area contributed by atoms with Gasteiger partial charge in [0, 0.05) is 0 Å². The van der Waals surface area contributed by atoms with Crippen molar-refractivity contribution in [2.45, 2.75) is 32.6 Å². The molecule has 0 aromatic heterocycles. The second-order valence-electron chi connectivity index (χ2n) is 3.73. The Balaban J connectivity index is 2.88. The van der Waals surface area contributed by atoms with Crippen LogP contribution in [0.3, 0.4) is 0 Å². The van der Waals surface area contributed by atoms with Gasteiger partial charge in [-0.25, -0.2) is 4.39 Å². The van der Waals surface area contributed by atoms with Gasteiger partial charge in [-0.3, -0.25) is 0 Å². The van der Waals surface area contributed by atoms with E-state index in [1.165, 1.54) is 6.07 Å². The van der Waals surface area contributed by atoms with Crippen molar-refractivity contribution in [3.05, 3.63) is 35.1 Å². The summed E-state index contributed by atoms with van der Waals surface area (Å²) < 4.78 is 13.0. The van der Waals surface area contributed by atoms with Crippen LogP contribution in [0.4, 0.5) is 4.39 Å². The quantitative estimate of drug-likeness (QED) is 0.785. The zero-order valence-electron chi connectivity index (χ0n) is 8.89. The minimum absolute atomic E-state index is 0.138. The first-order chi connectivity index (χ1) is 6.69. The Morgan fingerprint density at radius 3 is 2.64 bits per heavy atom. The molecule has 0 aliphatic heterocycles. The fourth-order valence-electron chi connectivity index (χ4n) is 1.69. The van der Waals surface area contributed by atoms with Crippen LogP contribution in [0.1, 0.15) is 36.8 Å². The summed E-state index contributed by atoms with van der Waals surface area (Å²) in [5, 5.41) is 0. The number of hydrogen-bond acceptors (Lipinski definition) is 1. The van der Waals surface area contributed by atoms with E-state index < -0.39 is 0 Å². The molecule has 1 rings (SSSR count). The third-order valence-corrected chi connectivity index (χ3v) is 2.58. The van der Waals surface area contributed by atoms with E-state index in [1.54, 1.807) is 6.92 Å². The molecule has 0 radical (unpaired) electrons. The molecule has 2 heteroatoms. The minimum Gasteiger partial charge on any atom is -0.330 e. The molecule has 0 heterocycles. The zero-order chi connectivity index (χ0) is 10.6. The van der Waals surface area contributed by atoms with Gasteiger partial charge in [0.1, 0.15) is 5.82 Å². The van der Waals surface area contributed by atoms with Gasteiger partial charge in [-0.2, -0.15) is 0 Å². The maximum atomic E-state index is 13.0. The lowest BCUT2D eigenvalue weighted by molar-refractivity contribution is 0.603. The van der Waals surface area contributed by atoms with E-state index in [-0.39, 0.29) is 5.82 Å². The smallest absolute Gasteiger partial charge is 0.126 e. The Morgan fingerprint density at radius 2 is 2.14 bits per heavy atom. The van der Waals surface area contributed by atoms with Gasteiger partial charge in [-0.1, -0.05) is 25.5 Å². The molecular weight excluding hydrogens is 177 g/mol. The molecule has 0 saturated carbocycles. The first kappa shape index (κ1) is 11.2. The van der Waals surface area contributed by atoms with Crippen LogP contribution < -0.4 is 5.73 Å². The number of halogens is 1. The number of hydrogen-bond donors (Lipinski definition) is 1. The van der Waals surface area contributed by atoms with Crippen molar-refractivity contribution in [2.24, 2.45) is 5.73 Å². The normalized spacial score (nSPS) is 12.9. The van der Waals surface area contributed by atoms with Crippen molar-refractivity contribution in [3.63, 3.8) is 0 Å². The van der Waals surface area contributed by atoms with E-state index in [1.807, 2.05) is 12.1 Å². The molecule has 1 nitrogen and oxygen atoms in total.